The topological polar surface area (TPSA) is 285 Å². The van der Waals surface area contributed by atoms with Gasteiger partial charge >= 0.3 is 5.69 Å². The molecule has 0 saturated carbocycles. The lowest BCUT2D eigenvalue weighted by Crippen LogP contribution is -2.31. The molecule has 1 aliphatic rings. The number of rotatable bonds is 6. The van der Waals surface area contributed by atoms with Crippen molar-refractivity contribution in [1.29, 1.82) is 0 Å². The van der Waals surface area contributed by atoms with E-state index in [1.807, 2.05) is 95.6 Å². The number of nitrogens with one attached hydrogen (secondary N) is 3. The van der Waals surface area contributed by atoms with E-state index in [1.165, 1.54) is 16.5 Å². The molecular weight excluding hydrogens is 1020 g/mol. The third-order valence-electron chi connectivity index (χ3n) is 12.1. The Morgan fingerprint density at radius 2 is 0.938 bits per heavy atom. The molecule has 0 amide bonds. The van der Waals surface area contributed by atoms with Crippen LogP contribution < -0.4 is 22.4 Å². The lowest BCUT2D eigenvalue weighted by atomic mass is 10.2. The van der Waals surface area contributed by atoms with Gasteiger partial charge in [0.2, 0.25) is 0 Å². The fraction of sp³-hybridized carbons (Fsp3) is 0.482. The molecule has 9 aromatic heterocycles. The Balaban J connectivity index is 0.000000251. The molecule has 24 nitrogen and oxygen atoms in total. The summed E-state index contributed by atoms with van der Waals surface area (Å²) >= 11 is 0. The Labute approximate surface area is 467 Å². The molecule has 0 unspecified atom stereocenters. The van der Waals surface area contributed by atoms with Crippen molar-refractivity contribution in [3.05, 3.63) is 138 Å². The highest BCUT2D eigenvalue weighted by molar-refractivity contribution is 5.98. The zero-order chi connectivity index (χ0) is 58.0. The van der Waals surface area contributed by atoms with Crippen LogP contribution in [0.3, 0.4) is 0 Å². The zero-order valence-corrected chi connectivity index (χ0v) is 48.5. The molecule has 0 aliphatic carbocycles. The Bertz CT molecular complexity index is 3830. The van der Waals surface area contributed by atoms with E-state index in [9.17, 15) is 19.2 Å². The minimum absolute atomic E-state index is 0. The molecule has 80 heavy (non-hydrogen) atoms. The predicted molar refractivity (Wildman–Crippen MR) is 320 cm³/mol. The van der Waals surface area contributed by atoms with Crippen LogP contribution in [0.4, 0.5) is 0 Å². The highest BCUT2D eigenvalue weighted by atomic mass is 16.2. The number of hydrogen-bond donors (Lipinski definition) is 3. The van der Waals surface area contributed by atoms with Crippen molar-refractivity contribution in [3.63, 3.8) is 0 Å². The maximum Gasteiger partial charge on any atom is 0.328 e. The molecule has 0 radical (unpaired) electrons. The summed E-state index contributed by atoms with van der Waals surface area (Å²) in [6.07, 6.45) is 13.6. The van der Waals surface area contributed by atoms with Gasteiger partial charge in [0, 0.05) is 59.9 Å². The van der Waals surface area contributed by atoms with E-state index < -0.39 is 0 Å². The second kappa shape index (κ2) is 28.4. The molecule has 0 aromatic carbocycles. The molecular formula is C56H84N20O4. The fourth-order valence-electron chi connectivity index (χ4n) is 7.71. The number of aromatic nitrogens is 18. The summed E-state index contributed by atoms with van der Waals surface area (Å²) in [6, 6.07) is 1.80. The van der Waals surface area contributed by atoms with Gasteiger partial charge in [0.1, 0.15) is 34.8 Å². The van der Waals surface area contributed by atoms with E-state index >= 15 is 0 Å². The van der Waals surface area contributed by atoms with Crippen LogP contribution in [0.5, 0.6) is 0 Å². The molecule has 10 heterocycles. The SMILES string of the molecule is C.C.C=C1N=C(C)C(C)=CN1C(C)C.CC(C)n1cnc2c(=O)[nH]cnc21.Cc1cn(C(C)C)c(=O)[nH]c1=O.Cc1nc(C)c2ncn(C(C)C)c2n1.Cc1nc2c(ncn2C(C)C)c(=O)[nH]1.Cc1ncnc2c1ncn2C(C)C. The lowest BCUT2D eigenvalue weighted by molar-refractivity contribution is 0.377. The van der Waals surface area contributed by atoms with Crippen LogP contribution in [0.15, 0.2) is 92.5 Å². The van der Waals surface area contributed by atoms with Gasteiger partial charge in [-0.2, -0.15) is 0 Å². The summed E-state index contributed by atoms with van der Waals surface area (Å²) in [5, 5.41) is 0. The summed E-state index contributed by atoms with van der Waals surface area (Å²) in [5.41, 5.74) is 9.47. The summed E-state index contributed by atoms with van der Waals surface area (Å²) < 4.78 is 9.36. The number of H-pyrrole nitrogens is 3. The van der Waals surface area contributed by atoms with Crippen LogP contribution >= 0.6 is 0 Å². The van der Waals surface area contributed by atoms with Crippen molar-refractivity contribution in [2.45, 2.75) is 183 Å². The van der Waals surface area contributed by atoms with Gasteiger partial charge in [0.25, 0.3) is 16.7 Å². The van der Waals surface area contributed by atoms with Crippen LogP contribution in [0.2, 0.25) is 0 Å². The van der Waals surface area contributed by atoms with Gasteiger partial charge in [-0.15, -0.1) is 0 Å². The Morgan fingerprint density at radius 1 is 0.475 bits per heavy atom. The third kappa shape index (κ3) is 15.8. The Hall–Kier alpha value is -8.57. The van der Waals surface area contributed by atoms with E-state index in [0.717, 1.165) is 51.1 Å². The normalized spacial score (nSPS) is 12.0. The molecule has 0 bridgehead atoms. The standard InChI is InChI=1S/C10H14N4.C10H16N2.C9H12N4O.C9H12N4.C8H10N4O.C8H12N2O2.2CH4/c1-6(2)14-5-11-9-7(3)12-8(4)13-10(9)14;1-7(2)12-6-8(3)9(4)11-10(12)5;1-5(2)13-4-10-7-8(13)11-6(3)12-9(7)14;1-6(2)13-5-12-8-7(3)10-4-11-9(8)13;1-5(2)12-4-11-6-7(12)9-3-10-8(6)13;1-5(2)10-4-6(3)7(11)9-8(10)12;;/h5-6H,1-4H3;6-7H,5H2,1-4H3;4-5H,1-3H3,(H,11,12,14);4-6H,1-3H3;3-5H,1-2H3,(H,9,10,13);4-5H,1-3H3,(H,9,11,12);2*1H4. The number of aliphatic imine (C=N–C) groups is 1. The van der Waals surface area contributed by atoms with Crippen molar-refractivity contribution >= 4 is 50.4 Å². The largest absolute Gasteiger partial charge is 0.331 e. The molecule has 0 spiro atoms. The van der Waals surface area contributed by atoms with E-state index in [-0.39, 0.29) is 55.3 Å². The van der Waals surface area contributed by atoms with Crippen molar-refractivity contribution in [2.75, 3.05) is 0 Å². The number of nitrogens with zero attached hydrogens (tertiary/aromatic N) is 17. The van der Waals surface area contributed by atoms with Crippen LogP contribution in [-0.4, -0.2) is 104 Å². The average molecular weight is 1100 g/mol. The van der Waals surface area contributed by atoms with E-state index in [2.05, 4.69) is 140 Å². The Morgan fingerprint density at radius 3 is 1.45 bits per heavy atom. The molecule has 0 atom stereocenters. The van der Waals surface area contributed by atoms with Crippen molar-refractivity contribution < 1.29 is 0 Å². The van der Waals surface area contributed by atoms with Gasteiger partial charge in [0.05, 0.1) is 43.0 Å². The molecule has 1 aliphatic heterocycles. The molecule has 3 N–H and O–H groups in total. The number of imidazole rings is 4. The minimum Gasteiger partial charge on any atom is -0.331 e. The second-order valence-corrected chi connectivity index (χ2v) is 20.4. The molecule has 9 aromatic rings. The number of fused-ring (bicyclic) bond motifs is 4. The van der Waals surface area contributed by atoms with Crippen molar-refractivity contribution in [3.8, 4) is 0 Å². The molecule has 0 fully saturated rings. The van der Waals surface area contributed by atoms with Crippen LogP contribution in [-0.2, 0) is 0 Å². The Kier molecular flexibility index (Phi) is 23.3. The number of aromatic amines is 3. The van der Waals surface area contributed by atoms with Gasteiger partial charge in [-0.25, -0.2) is 59.6 Å². The highest BCUT2D eigenvalue weighted by Gasteiger charge is 2.15. The minimum atomic E-state index is -0.347. The van der Waals surface area contributed by atoms with Gasteiger partial charge in [-0.05, 0) is 137 Å². The highest BCUT2D eigenvalue weighted by Crippen LogP contribution is 2.20. The second-order valence-electron chi connectivity index (χ2n) is 20.4. The third-order valence-corrected chi connectivity index (χ3v) is 12.1. The quantitative estimate of drug-likeness (QED) is 0.140. The van der Waals surface area contributed by atoms with Crippen LogP contribution in [0.25, 0.3) is 44.7 Å². The van der Waals surface area contributed by atoms with Gasteiger partial charge in [-0.1, -0.05) is 21.4 Å². The first-order valence-corrected chi connectivity index (χ1v) is 25.8. The predicted octanol–water partition coefficient (Wildman–Crippen LogP) is 9.69. The van der Waals surface area contributed by atoms with E-state index in [1.54, 1.807) is 39.0 Å². The first kappa shape index (κ1) is 65.7. The van der Waals surface area contributed by atoms with Crippen molar-refractivity contribution in [1.82, 2.24) is 92.5 Å². The smallest absolute Gasteiger partial charge is 0.328 e. The van der Waals surface area contributed by atoms with Gasteiger partial charge in [-0.3, -0.25) is 23.9 Å². The summed E-state index contributed by atoms with van der Waals surface area (Å²) in [7, 11) is 0. The molecule has 10 rings (SSSR count). The van der Waals surface area contributed by atoms with E-state index in [4.69, 9.17) is 0 Å². The number of hydrogen-bond acceptors (Lipinski definition) is 16. The maximum atomic E-state index is 11.5. The molecule has 0 saturated heterocycles. The fourth-order valence-corrected chi connectivity index (χ4v) is 7.71. The average Bonchev–Trinajstić information content (AvgIpc) is 4.18. The maximum absolute atomic E-state index is 11.5. The van der Waals surface area contributed by atoms with Crippen molar-refractivity contribution in [2.24, 2.45) is 4.99 Å². The number of allylic oxidation sites excluding steroid dienone is 1. The van der Waals surface area contributed by atoms with Gasteiger partial charge < -0.3 is 33.1 Å². The lowest BCUT2D eigenvalue weighted by Gasteiger charge is -2.28. The zero-order valence-electron chi connectivity index (χ0n) is 48.5. The first-order valence-electron chi connectivity index (χ1n) is 25.8. The summed E-state index contributed by atoms with van der Waals surface area (Å²) in [5.74, 6) is 2.26. The van der Waals surface area contributed by atoms with E-state index in [0.29, 0.717) is 51.8 Å². The summed E-state index contributed by atoms with van der Waals surface area (Å²) in [4.78, 5) is 101. The van der Waals surface area contributed by atoms with Crippen LogP contribution in [0.1, 0.15) is 171 Å². The first-order chi connectivity index (χ1) is 36.6. The monoisotopic (exact) mass is 1100 g/mol. The summed E-state index contributed by atoms with van der Waals surface area (Å²) in [6.45, 7) is 41.8. The number of aryl methyl sites for hydroxylation is 5. The van der Waals surface area contributed by atoms with Gasteiger partial charge in [0.15, 0.2) is 33.6 Å². The molecule has 432 valence electrons. The van der Waals surface area contributed by atoms with Crippen LogP contribution in [0, 0.1) is 34.6 Å². The molecule has 24 heteroatoms.